The summed E-state index contributed by atoms with van der Waals surface area (Å²) < 4.78 is 4.40. The molecule has 0 spiro atoms. The number of thiophene rings is 1. The van der Waals surface area contributed by atoms with E-state index in [0.29, 0.717) is 9.75 Å². The van der Waals surface area contributed by atoms with Gasteiger partial charge in [0.25, 0.3) is 5.69 Å². The predicted octanol–water partition coefficient (Wildman–Crippen LogP) is 2.04. The SMILES string of the molecule is COC(=O)C(C#N)=Cc1cc([N+](=O)[O-])c(C)s1. The highest BCUT2D eigenvalue weighted by atomic mass is 32.1. The lowest BCUT2D eigenvalue weighted by Gasteiger charge is -1.93. The number of esters is 1. The van der Waals surface area contributed by atoms with Gasteiger partial charge in [-0.1, -0.05) is 0 Å². The van der Waals surface area contributed by atoms with Crippen LogP contribution in [0.15, 0.2) is 11.6 Å². The normalized spacial score (nSPS) is 10.8. The van der Waals surface area contributed by atoms with E-state index in [1.54, 1.807) is 13.0 Å². The molecule has 0 saturated heterocycles. The van der Waals surface area contributed by atoms with Crippen LogP contribution in [0.25, 0.3) is 6.08 Å². The van der Waals surface area contributed by atoms with Gasteiger partial charge in [-0.3, -0.25) is 10.1 Å². The minimum Gasteiger partial charge on any atom is -0.465 e. The number of ether oxygens (including phenoxy) is 1. The van der Waals surface area contributed by atoms with Crippen molar-refractivity contribution in [1.29, 1.82) is 5.26 Å². The number of nitrogens with zero attached hydrogens (tertiary/aromatic N) is 2. The Labute approximate surface area is 101 Å². The molecule has 0 bridgehead atoms. The summed E-state index contributed by atoms with van der Waals surface area (Å²) in [5.41, 5.74) is -0.216. The summed E-state index contributed by atoms with van der Waals surface area (Å²) in [4.78, 5) is 22.2. The second-order valence-corrected chi connectivity index (χ2v) is 4.30. The maximum Gasteiger partial charge on any atom is 0.348 e. The first kappa shape index (κ1) is 12.9. The molecule has 0 unspecified atom stereocenters. The van der Waals surface area contributed by atoms with Crippen LogP contribution in [0, 0.1) is 28.4 Å². The van der Waals surface area contributed by atoms with Gasteiger partial charge in [0.05, 0.1) is 16.9 Å². The molecule has 0 aliphatic rings. The lowest BCUT2D eigenvalue weighted by Crippen LogP contribution is -2.02. The second kappa shape index (κ2) is 5.23. The molecule has 0 aliphatic carbocycles. The average molecular weight is 252 g/mol. The van der Waals surface area contributed by atoms with Gasteiger partial charge in [-0.05, 0) is 13.0 Å². The van der Waals surface area contributed by atoms with Gasteiger partial charge >= 0.3 is 5.97 Å². The van der Waals surface area contributed by atoms with Gasteiger partial charge in [-0.15, -0.1) is 11.3 Å². The molecule has 0 aliphatic heterocycles. The van der Waals surface area contributed by atoms with Crippen molar-refractivity contribution in [3.8, 4) is 6.07 Å². The van der Waals surface area contributed by atoms with Crippen LogP contribution in [-0.2, 0) is 9.53 Å². The van der Waals surface area contributed by atoms with E-state index in [1.807, 2.05) is 0 Å². The number of aryl methyl sites for hydroxylation is 1. The number of nitriles is 1. The van der Waals surface area contributed by atoms with Crippen molar-refractivity contribution in [2.24, 2.45) is 0 Å². The van der Waals surface area contributed by atoms with E-state index >= 15 is 0 Å². The number of carbonyl (C=O) groups excluding carboxylic acids is 1. The molecule has 0 aromatic carbocycles. The minimum atomic E-state index is -0.763. The first-order chi connectivity index (χ1) is 7.99. The molecule has 1 rings (SSSR count). The first-order valence-corrected chi connectivity index (χ1v) is 5.26. The van der Waals surface area contributed by atoms with Gasteiger partial charge in [0.1, 0.15) is 11.6 Å². The quantitative estimate of drug-likeness (QED) is 0.270. The Morgan fingerprint density at radius 3 is 2.76 bits per heavy atom. The van der Waals surface area contributed by atoms with Gasteiger partial charge in [-0.25, -0.2) is 4.79 Å². The first-order valence-electron chi connectivity index (χ1n) is 4.44. The summed E-state index contributed by atoms with van der Waals surface area (Å²) >= 11 is 1.14. The van der Waals surface area contributed by atoms with E-state index in [9.17, 15) is 14.9 Å². The molecule has 0 atom stereocenters. The number of carbonyl (C=O) groups is 1. The van der Waals surface area contributed by atoms with Gasteiger partial charge in [0.2, 0.25) is 0 Å². The van der Waals surface area contributed by atoms with Gasteiger partial charge in [0, 0.05) is 10.9 Å². The van der Waals surface area contributed by atoms with Crippen LogP contribution in [0.2, 0.25) is 0 Å². The molecular formula is C10H8N2O4S. The third-order valence-corrected chi connectivity index (χ3v) is 2.91. The lowest BCUT2D eigenvalue weighted by molar-refractivity contribution is -0.385. The van der Waals surface area contributed by atoms with Crippen molar-refractivity contribution in [3.05, 3.63) is 31.5 Å². The number of hydrogen-bond acceptors (Lipinski definition) is 6. The topological polar surface area (TPSA) is 93.2 Å². The molecule has 6 nitrogen and oxygen atoms in total. The van der Waals surface area contributed by atoms with Crippen LogP contribution in [0.4, 0.5) is 5.69 Å². The van der Waals surface area contributed by atoms with Crippen LogP contribution in [-0.4, -0.2) is 18.0 Å². The average Bonchev–Trinajstić information content (AvgIpc) is 2.66. The van der Waals surface area contributed by atoms with Crippen LogP contribution < -0.4 is 0 Å². The zero-order valence-electron chi connectivity index (χ0n) is 9.09. The van der Waals surface area contributed by atoms with Crippen molar-refractivity contribution in [1.82, 2.24) is 0 Å². The van der Waals surface area contributed by atoms with Gasteiger partial charge < -0.3 is 4.74 Å². The predicted molar refractivity (Wildman–Crippen MR) is 61.3 cm³/mol. The molecule has 0 N–H and O–H groups in total. The molecule has 1 heterocycles. The summed E-state index contributed by atoms with van der Waals surface area (Å²) in [7, 11) is 1.16. The zero-order valence-corrected chi connectivity index (χ0v) is 9.91. The largest absolute Gasteiger partial charge is 0.465 e. The lowest BCUT2D eigenvalue weighted by atomic mass is 10.2. The highest BCUT2D eigenvalue weighted by molar-refractivity contribution is 7.13. The second-order valence-electron chi connectivity index (χ2n) is 3.01. The van der Waals surface area contributed by atoms with E-state index in [2.05, 4.69) is 4.74 Å². The van der Waals surface area contributed by atoms with E-state index in [0.717, 1.165) is 18.4 Å². The van der Waals surface area contributed by atoms with Crippen LogP contribution >= 0.6 is 11.3 Å². The van der Waals surface area contributed by atoms with Crippen LogP contribution in [0.3, 0.4) is 0 Å². The fraction of sp³-hybridized carbons (Fsp3) is 0.200. The van der Waals surface area contributed by atoms with Crippen LogP contribution in [0.1, 0.15) is 9.75 Å². The van der Waals surface area contributed by atoms with Crippen molar-refractivity contribution in [3.63, 3.8) is 0 Å². The summed E-state index contributed by atoms with van der Waals surface area (Å²) in [6.07, 6.45) is 1.27. The molecule has 88 valence electrons. The Bertz CT molecular complexity index is 539. The molecule has 1 aromatic rings. The number of rotatable bonds is 3. The van der Waals surface area contributed by atoms with Crippen molar-refractivity contribution in [2.45, 2.75) is 6.92 Å². The summed E-state index contributed by atoms with van der Waals surface area (Å²) in [6, 6.07) is 3.00. The van der Waals surface area contributed by atoms with E-state index in [-0.39, 0.29) is 11.3 Å². The van der Waals surface area contributed by atoms with Crippen molar-refractivity contribution < 1.29 is 14.5 Å². The zero-order chi connectivity index (χ0) is 13.0. The Morgan fingerprint density at radius 1 is 1.71 bits per heavy atom. The third kappa shape index (κ3) is 2.89. The Morgan fingerprint density at radius 2 is 2.35 bits per heavy atom. The molecule has 0 fully saturated rings. The van der Waals surface area contributed by atoms with Gasteiger partial charge in [-0.2, -0.15) is 5.26 Å². The van der Waals surface area contributed by atoms with Crippen LogP contribution in [0.5, 0.6) is 0 Å². The molecule has 0 saturated carbocycles. The van der Waals surface area contributed by atoms with Crippen molar-refractivity contribution in [2.75, 3.05) is 7.11 Å². The Hall–Kier alpha value is -2.20. The molecule has 17 heavy (non-hydrogen) atoms. The molecular weight excluding hydrogens is 244 g/mol. The Balaban J connectivity index is 3.14. The highest BCUT2D eigenvalue weighted by Crippen LogP contribution is 2.29. The fourth-order valence-electron chi connectivity index (χ4n) is 1.14. The molecule has 0 amide bonds. The van der Waals surface area contributed by atoms with Gasteiger partial charge in [0.15, 0.2) is 0 Å². The third-order valence-electron chi connectivity index (χ3n) is 1.92. The summed E-state index contributed by atoms with van der Waals surface area (Å²) in [6.45, 7) is 1.60. The van der Waals surface area contributed by atoms with Crippen molar-refractivity contribution >= 4 is 29.1 Å². The van der Waals surface area contributed by atoms with E-state index in [1.165, 1.54) is 12.1 Å². The van der Waals surface area contributed by atoms with E-state index in [4.69, 9.17) is 5.26 Å². The number of methoxy groups -OCH3 is 1. The van der Waals surface area contributed by atoms with E-state index < -0.39 is 10.9 Å². The number of hydrogen-bond donors (Lipinski definition) is 0. The smallest absolute Gasteiger partial charge is 0.348 e. The summed E-state index contributed by atoms with van der Waals surface area (Å²) in [5.74, 6) is -0.763. The standard InChI is InChI=1S/C10H8N2O4S/c1-6-9(12(14)15)4-8(17-6)3-7(5-11)10(13)16-2/h3-4H,1-2H3. The molecule has 7 heteroatoms. The maximum atomic E-state index is 11.1. The Kier molecular flexibility index (Phi) is 3.96. The molecule has 0 radical (unpaired) electrons. The number of nitro groups is 1. The molecule has 1 aromatic heterocycles. The maximum absolute atomic E-state index is 11.1. The highest BCUT2D eigenvalue weighted by Gasteiger charge is 2.16. The monoisotopic (exact) mass is 252 g/mol. The fourth-order valence-corrected chi connectivity index (χ4v) is 2.08. The minimum absolute atomic E-state index is 0.0246. The summed E-state index contributed by atoms with van der Waals surface area (Å²) in [5, 5.41) is 19.3.